The summed E-state index contributed by atoms with van der Waals surface area (Å²) >= 11 is 0. The lowest BCUT2D eigenvalue weighted by atomic mass is 9.94. The fourth-order valence-corrected chi connectivity index (χ4v) is 4.07. The molecule has 32 heavy (non-hydrogen) atoms. The van der Waals surface area contributed by atoms with Crippen LogP contribution in [0.5, 0.6) is 0 Å². The van der Waals surface area contributed by atoms with E-state index in [-0.39, 0.29) is 24.0 Å². The van der Waals surface area contributed by atoms with Gasteiger partial charge in [-0.05, 0) is 37.0 Å². The van der Waals surface area contributed by atoms with Crippen LogP contribution in [-0.2, 0) is 20.8 Å². The Morgan fingerprint density at radius 3 is 2.28 bits per heavy atom. The number of amides is 3. The number of nitrogens with one attached hydrogen (secondary N) is 1. The topological polar surface area (TPSA) is 110 Å². The average Bonchev–Trinajstić information content (AvgIpc) is 3.29. The van der Waals surface area contributed by atoms with Crippen LogP contribution in [0.1, 0.15) is 42.1 Å². The number of Topliss-reactive ketones (excluding diaryl/α,β-unsaturated/α-hetero) is 1. The van der Waals surface area contributed by atoms with Crippen LogP contribution >= 0.6 is 0 Å². The molecule has 0 bridgehead atoms. The summed E-state index contributed by atoms with van der Waals surface area (Å²) in [6.45, 7) is 2.14. The first kappa shape index (κ1) is 23.2. The van der Waals surface area contributed by atoms with E-state index < -0.39 is 23.9 Å². The highest BCUT2D eigenvalue weighted by molar-refractivity contribution is 5.99. The number of benzene rings is 2. The van der Waals surface area contributed by atoms with Crippen LogP contribution in [0.2, 0.25) is 0 Å². The quantitative estimate of drug-likeness (QED) is 0.628. The van der Waals surface area contributed by atoms with E-state index in [9.17, 15) is 19.2 Å². The molecule has 1 fully saturated rings. The minimum atomic E-state index is -0.772. The van der Waals surface area contributed by atoms with E-state index in [1.807, 2.05) is 36.4 Å². The summed E-state index contributed by atoms with van der Waals surface area (Å²) in [5.41, 5.74) is 6.80. The summed E-state index contributed by atoms with van der Waals surface area (Å²) in [6.07, 6.45) is 1.55. The third-order valence-electron chi connectivity index (χ3n) is 5.81. The first-order chi connectivity index (χ1) is 15.4. The zero-order chi connectivity index (χ0) is 23.1. The lowest BCUT2D eigenvalue weighted by Gasteiger charge is -2.26. The maximum absolute atomic E-state index is 13.2. The van der Waals surface area contributed by atoms with E-state index >= 15 is 0 Å². The van der Waals surface area contributed by atoms with Crippen molar-refractivity contribution in [2.24, 2.45) is 11.7 Å². The molecule has 0 spiro atoms. The summed E-state index contributed by atoms with van der Waals surface area (Å²) < 4.78 is 0. The van der Waals surface area contributed by atoms with E-state index in [4.69, 9.17) is 5.73 Å². The van der Waals surface area contributed by atoms with E-state index in [0.29, 0.717) is 31.4 Å². The van der Waals surface area contributed by atoms with Crippen molar-refractivity contribution < 1.29 is 19.2 Å². The smallest absolute Gasteiger partial charge is 0.251 e. The highest BCUT2D eigenvalue weighted by atomic mass is 16.2. The zero-order valence-corrected chi connectivity index (χ0v) is 18.2. The molecule has 0 aliphatic carbocycles. The summed E-state index contributed by atoms with van der Waals surface area (Å²) in [4.78, 5) is 51.9. The number of nitrogens with two attached hydrogens (primary N) is 1. The highest BCUT2D eigenvalue weighted by Crippen LogP contribution is 2.21. The predicted molar refractivity (Wildman–Crippen MR) is 121 cm³/mol. The number of carbonyl (C=O) groups excluding carboxylic acids is 4. The molecule has 1 aliphatic rings. The van der Waals surface area contributed by atoms with Crippen molar-refractivity contribution in [2.45, 2.75) is 44.7 Å². The molecule has 3 atom stereocenters. The minimum absolute atomic E-state index is 0.0343. The summed E-state index contributed by atoms with van der Waals surface area (Å²) in [7, 11) is 0. The Balaban J connectivity index is 1.71. The van der Waals surface area contributed by atoms with Crippen molar-refractivity contribution in [3.05, 3.63) is 71.8 Å². The van der Waals surface area contributed by atoms with Crippen LogP contribution in [0.25, 0.3) is 0 Å². The van der Waals surface area contributed by atoms with Gasteiger partial charge in [0.15, 0.2) is 5.78 Å². The van der Waals surface area contributed by atoms with Crippen LogP contribution in [-0.4, -0.2) is 47.0 Å². The van der Waals surface area contributed by atoms with Gasteiger partial charge >= 0.3 is 0 Å². The standard InChI is InChI=1S/C25H29N3O4/c1-17(25(32)28-14-8-13-21(28)23(26)30)15-22(29)20(16-18-9-4-2-5-10-18)27-24(31)19-11-6-3-7-12-19/h2-7,9-12,17,20-21H,8,13-16H2,1H3,(H2,26,30)(H,27,31)/t17-,20+,21+/m0/s1. The van der Waals surface area contributed by atoms with Crippen LogP contribution in [0.3, 0.4) is 0 Å². The van der Waals surface area contributed by atoms with Crippen molar-refractivity contribution in [1.29, 1.82) is 0 Å². The monoisotopic (exact) mass is 435 g/mol. The third-order valence-corrected chi connectivity index (χ3v) is 5.81. The van der Waals surface area contributed by atoms with Crippen molar-refractivity contribution in [1.82, 2.24) is 10.2 Å². The second-order valence-electron chi connectivity index (χ2n) is 8.25. The van der Waals surface area contributed by atoms with Crippen LogP contribution in [0.4, 0.5) is 0 Å². The summed E-state index contributed by atoms with van der Waals surface area (Å²) in [5, 5.41) is 2.83. The fourth-order valence-electron chi connectivity index (χ4n) is 4.07. The Bertz CT molecular complexity index is 962. The molecule has 3 N–H and O–H groups in total. The lowest BCUT2D eigenvalue weighted by molar-refractivity contribution is -0.141. The van der Waals surface area contributed by atoms with Gasteiger partial charge in [0, 0.05) is 24.4 Å². The average molecular weight is 436 g/mol. The Labute approximate surface area is 188 Å². The maximum atomic E-state index is 13.2. The van der Waals surface area contributed by atoms with Gasteiger partial charge in [-0.2, -0.15) is 0 Å². The predicted octanol–water partition coefficient (Wildman–Crippen LogP) is 2.10. The number of hydrogen-bond donors (Lipinski definition) is 2. The number of hydrogen-bond acceptors (Lipinski definition) is 4. The van der Waals surface area contributed by atoms with Gasteiger partial charge in [-0.15, -0.1) is 0 Å². The number of ketones is 1. The maximum Gasteiger partial charge on any atom is 0.251 e. The van der Waals surface area contributed by atoms with Crippen molar-refractivity contribution in [3.63, 3.8) is 0 Å². The van der Waals surface area contributed by atoms with Gasteiger partial charge < -0.3 is 16.0 Å². The van der Waals surface area contributed by atoms with Gasteiger partial charge in [-0.25, -0.2) is 0 Å². The Morgan fingerprint density at radius 2 is 1.66 bits per heavy atom. The molecule has 0 aromatic heterocycles. The van der Waals surface area contributed by atoms with Gasteiger partial charge in [0.05, 0.1) is 6.04 Å². The largest absolute Gasteiger partial charge is 0.368 e. The second-order valence-corrected chi connectivity index (χ2v) is 8.25. The van der Waals surface area contributed by atoms with Crippen LogP contribution < -0.4 is 11.1 Å². The number of likely N-dealkylation sites (tertiary alicyclic amines) is 1. The van der Waals surface area contributed by atoms with Gasteiger partial charge in [-0.1, -0.05) is 55.5 Å². The Kier molecular flexibility index (Phi) is 7.76. The molecular weight excluding hydrogens is 406 g/mol. The summed E-state index contributed by atoms with van der Waals surface area (Å²) in [5.74, 6) is -1.96. The fraction of sp³-hybridized carbons (Fsp3) is 0.360. The molecule has 1 saturated heterocycles. The molecule has 1 aliphatic heterocycles. The van der Waals surface area contributed by atoms with Crippen molar-refractivity contribution >= 4 is 23.5 Å². The first-order valence-electron chi connectivity index (χ1n) is 10.9. The van der Waals surface area contributed by atoms with Crippen molar-refractivity contribution in [2.75, 3.05) is 6.54 Å². The van der Waals surface area contributed by atoms with Crippen molar-refractivity contribution in [3.8, 4) is 0 Å². The van der Waals surface area contributed by atoms with Gasteiger partial charge in [0.1, 0.15) is 6.04 Å². The highest BCUT2D eigenvalue weighted by Gasteiger charge is 2.36. The molecule has 1 heterocycles. The molecule has 3 amide bonds. The van der Waals surface area contributed by atoms with Gasteiger partial charge in [0.25, 0.3) is 5.91 Å². The third kappa shape index (κ3) is 5.81. The minimum Gasteiger partial charge on any atom is -0.368 e. The van der Waals surface area contributed by atoms with E-state index in [1.165, 1.54) is 4.90 Å². The van der Waals surface area contributed by atoms with Gasteiger partial charge in [-0.3, -0.25) is 19.2 Å². The first-order valence-corrected chi connectivity index (χ1v) is 10.9. The van der Waals surface area contributed by atoms with E-state index in [2.05, 4.69) is 5.32 Å². The number of rotatable bonds is 9. The molecule has 2 aromatic rings. The van der Waals surface area contributed by atoms with E-state index in [1.54, 1.807) is 31.2 Å². The number of primary amides is 1. The summed E-state index contributed by atoms with van der Waals surface area (Å²) in [6, 6.07) is 16.7. The molecule has 7 nitrogen and oxygen atoms in total. The number of nitrogens with zero attached hydrogens (tertiary/aromatic N) is 1. The van der Waals surface area contributed by atoms with Crippen LogP contribution in [0, 0.1) is 5.92 Å². The SMILES string of the molecule is C[C@@H](CC(=O)[C@@H](Cc1ccccc1)NC(=O)c1ccccc1)C(=O)N1CCC[C@@H]1C(N)=O. The Morgan fingerprint density at radius 1 is 1.03 bits per heavy atom. The Hall–Kier alpha value is -3.48. The van der Waals surface area contributed by atoms with Gasteiger partial charge in [0.2, 0.25) is 11.8 Å². The van der Waals surface area contributed by atoms with Crippen LogP contribution in [0.15, 0.2) is 60.7 Å². The molecule has 168 valence electrons. The molecular formula is C25H29N3O4. The molecule has 0 radical (unpaired) electrons. The number of carbonyl (C=O) groups is 4. The lowest BCUT2D eigenvalue weighted by Crippen LogP contribution is -2.47. The molecule has 0 saturated carbocycles. The molecule has 2 aromatic carbocycles. The normalized spacial score (nSPS) is 17.4. The molecule has 3 rings (SSSR count). The molecule has 0 unspecified atom stereocenters. The van der Waals surface area contributed by atoms with E-state index in [0.717, 1.165) is 5.56 Å². The zero-order valence-electron chi connectivity index (χ0n) is 18.2. The second kappa shape index (κ2) is 10.7. The molecule has 7 heteroatoms.